The summed E-state index contributed by atoms with van der Waals surface area (Å²) in [5.74, 6) is -2.60. The Labute approximate surface area is 228 Å². The third-order valence-electron chi connectivity index (χ3n) is 7.77. The summed E-state index contributed by atoms with van der Waals surface area (Å²) in [6.45, 7) is 6.69. The molecule has 2 saturated heterocycles. The first-order chi connectivity index (χ1) is 19.1. The first-order valence-electron chi connectivity index (χ1n) is 13.1. The molecule has 0 radical (unpaired) electrons. The standard InChI is InChI=1S/C28H29F2N7O3/c1-28(2)15-35(13-23(28)31)25-17-12-32-36(16-10-11-40-14-16)22(17)8-6-20(25)33-27(39)21-7-9-24(38)37(34-21)26-18(29)4-3-5-19(26)30/h3-9,12,16,23H,10-11,13-15,31H2,1-2H3,(H,33,39)/t16-,23-/m1/s1. The van der Waals surface area contributed by atoms with Crippen molar-refractivity contribution in [1.29, 1.82) is 0 Å². The number of para-hydroxylation sites is 1. The highest BCUT2D eigenvalue weighted by Crippen LogP contribution is 2.41. The Morgan fingerprint density at radius 3 is 2.58 bits per heavy atom. The normalized spacial score (nSPS) is 20.4. The number of nitrogens with zero attached hydrogens (tertiary/aromatic N) is 5. The molecule has 2 aliphatic rings. The molecule has 2 aromatic carbocycles. The third-order valence-corrected chi connectivity index (χ3v) is 7.77. The molecule has 0 saturated carbocycles. The molecule has 208 valence electrons. The van der Waals surface area contributed by atoms with Crippen LogP contribution in [-0.4, -0.2) is 57.8 Å². The zero-order valence-corrected chi connectivity index (χ0v) is 22.1. The van der Waals surface area contributed by atoms with Gasteiger partial charge in [0, 0.05) is 37.2 Å². The molecule has 2 fully saturated rings. The van der Waals surface area contributed by atoms with Crippen LogP contribution in [0.4, 0.5) is 20.2 Å². The van der Waals surface area contributed by atoms with Gasteiger partial charge in [-0.15, -0.1) is 0 Å². The van der Waals surface area contributed by atoms with Gasteiger partial charge >= 0.3 is 0 Å². The molecule has 0 aliphatic carbocycles. The summed E-state index contributed by atoms with van der Waals surface area (Å²) in [6, 6.07) is 9.20. The predicted octanol–water partition coefficient (Wildman–Crippen LogP) is 3.25. The number of nitrogens with one attached hydrogen (secondary N) is 1. The third kappa shape index (κ3) is 4.42. The monoisotopic (exact) mass is 549 g/mol. The summed E-state index contributed by atoms with van der Waals surface area (Å²) in [5, 5.41) is 12.4. The lowest BCUT2D eigenvalue weighted by Gasteiger charge is -2.25. The zero-order valence-electron chi connectivity index (χ0n) is 22.1. The van der Waals surface area contributed by atoms with Gasteiger partial charge in [0.15, 0.2) is 11.6 Å². The van der Waals surface area contributed by atoms with E-state index in [9.17, 15) is 18.4 Å². The molecule has 6 rings (SSSR count). The Bertz CT molecular complexity index is 1660. The number of amides is 1. The SMILES string of the molecule is CC1(C)CN(c2c(NC(=O)c3ccc(=O)n(-c4c(F)cccc4F)n3)ccc3c2cnn3[C@@H]2CCOC2)C[C@H]1N. The minimum Gasteiger partial charge on any atom is -0.379 e. The summed E-state index contributed by atoms with van der Waals surface area (Å²) in [7, 11) is 0. The van der Waals surface area contributed by atoms with Crippen molar-refractivity contribution in [3.63, 3.8) is 0 Å². The van der Waals surface area contributed by atoms with Gasteiger partial charge in [0.2, 0.25) is 0 Å². The quantitative estimate of drug-likeness (QED) is 0.392. The fourth-order valence-corrected chi connectivity index (χ4v) is 5.45. The number of halogens is 2. The predicted molar refractivity (Wildman–Crippen MR) is 146 cm³/mol. The molecule has 0 bridgehead atoms. The van der Waals surface area contributed by atoms with Crippen LogP contribution < -0.4 is 21.5 Å². The highest BCUT2D eigenvalue weighted by molar-refractivity contribution is 6.09. The van der Waals surface area contributed by atoms with Crippen LogP contribution in [0.15, 0.2) is 53.5 Å². The van der Waals surface area contributed by atoms with Crippen LogP contribution in [0.5, 0.6) is 0 Å². The Hall–Kier alpha value is -4.16. The van der Waals surface area contributed by atoms with E-state index in [1.807, 2.05) is 10.7 Å². The Morgan fingerprint density at radius 1 is 1.12 bits per heavy atom. The molecule has 1 amide bonds. The van der Waals surface area contributed by atoms with E-state index in [0.29, 0.717) is 36.7 Å². The molecule has 2 aliphatic heterocycles. The molecule has 12 heteroatoms. The number of nitrogens with two attached hydrogens (primary N) is 1. The smallest absolute Gasteiger partial charge is 0.276 e. The van der Waals surface area contributed by atoms with Crippen LogP contribution in [0.1, 0.15) is 36.8 Å². The van der Waals surface area contributed by atoms with Crippen LogP contribution in [0.2, 0.25) is 0 Å². The summed E-state index contributed by atoms with van der Waals surface area (Å²) in [6.07, 6.45) is 2.64. The van der Waals surface area contributed by atoms with Crippen molar-refractivity contribution >= 4 is 28.2 Å². The number of carbonyl (C=O) groups is 1. The number of fused-ring (bicyclic) bond motifs is 1. The number of rotatable bonds is 5. The largest absolute Gasteiger partial charge is 0.379 e. The molecule has 4 aromatic rings. The first-order valence-corrected chi connectivity index (χ1v) is 13.1. The van der Waals surface area contributed by atoms with Crippen molar-refractivity contribution in [3.05, 3.63) is 76.3 Å². The summed E-state index contributed by atoms with van der Waals surface area (Å²) in [5.41, 5.74) is 6.86. The van der Waals surface area contributed by atoms with Gasteiger partial charge in [0.05, 0.1) is 35.7 Å². The Morgan fingerprint density at radius 2 is 1.90 bits per heavy atom. The summed E-state index contributed by atoms with van der Waals surface area (Å²) < 4.78 is 36.9. The van der Waals surface area contributed by atoms with Crippen molar-refractivity contribution in [2.75, 3.05) is 36.5 Å². The number of hydrogen-bond donors (Lipinski definition) is 2. The summed E-state index contributed by atoms with van der Waals surface area (Å²) >= 11 is 0. The second-order valence-electron chi connectivity index (χ2n) is 11.0. The molecule has 0 unspecified atom stereocenters. The molecule has 40 heavy (non-hydrogen) atoms. The first kappa shape index (κ1) is 26.1. The van der Waals surface area contributed by atoms with Crippen molar-refractivity contribution < 1.29 is 18.3 Å². The maximum absolute atomic E-state index is 14.4. The lowest BCUT2D eigenvalue weighted by Crippen LogP contribution is -2.35. The average Bonchev–Trinajstić information content (AvgIpc) is 3.64. The van der Waals surface area contributed by atoms with Crippen molar-refractivity contribution in [2.24, 2.45) is 11.1 Å². The van der Waals surface area contributed by atoms with Gasteiger partial charge < -0.3 is 20.7 Å². The number of anilines is 2. The van der Waals surface area contributed by atoms with E-state index in [4.69, 9.17) is 10.5 Å². The molecular weight excluding hydrogens is 520 g/mol. The van der Waals surface area contributed by atoms with Gasteiger partial charge in [0.25, 0.3) is 11.5 Å². The second kappa shape index (κ2) is 9.79. The molecule has 3 N–H and O–H groups in total. The van der Waals surface area contributed by atoms with Crippen molar-refractivity contribution in [3.8, 4) is 5.69 Å². The highest BCUT2D eigenvalue weighted by atomic mass is 19.1. The van der Waals surface area contributed by atoms with Crippen LogP contribution >= 0.6 is 0 Å². The number of hydrogen-bond acceptors (Lipinski definition) is 7. The molecule has 10 nitrogen and oxygen atoms in total. The second-order valence-corrected chi connectivity index (χ2v) is 11.0. The zero-order chi connectivity index (χ0) is 28.2. The number of benzene rings is 2. The topological polar surface area (TPSA) is 120 Å². The molecule has 4 heterocycles. The van der Waals surface area contributed by atoms with Gasteiger partial charge in [0.1, 0.15) is 11.4 Å². The van der Waals surface area contributed by atoms with E-state index in [1.165, 1.54) is 12.1 Å². The minimum absolute atomic E-state index is 0.0922. The van der Waals surface area contributed by atoms with Gasteiger partial charge in [-0.2, -0.15) is 14.9 Å². The van der Waals surface area contributed by atoms with Crippen LogP contribution in [0.25, 0.3) is 16.6 Å². The van der Waals surface area contributed by atoms with Crippen molar-refractivity contribution in [2.45, 2.75) is 32.4 Å². The number of aromatic nitrogens is 4. The van der Waals surface area contributed by atoms with Gasteiger partial charge in [-0.25, -0.2) is 8.78 Å². The molecule has 2 atom stereocenters. The minimum atomic E-state index is -0.974. The molecule has 0 spiro atoms. The lowest BCUT2D eigenvalue weighted by atomic mass is 9.89. The van der Waals surface area contributed by atoms with E-state index in [-0.39, 0.29) is 23.2 Å². The van der Waals surface area contributed by atoms with Gasteiger partial charge in [-0.05, 0) is 42.2 Å². The maximum atomic E-state index is 14.4. The van der Waals surface area contributed by atoms with E-state index in [2.05, 4.69) is 34.3 Å². The van der Waals surface area contributed by atoms with E-state index >= 15 is 0 Å². The fraction of sp³-hybridized carbons (Fsp3) is 0.357. The number of ether oxygens (including phenoxy) is 1. The van der Waals surface area contributed by atoms with Crippen LogP contribution in [0, 0.1) is 17.0 Å². The van der Waals surface area contributed by atoms with Crippen LogP contribution in [-0.2, 0) is 4.74 Å². The van der Waals surface area contributed by atoms with Crippen molar-refractivity contribution in [1.82, 2.24) is 19.6 Å². The number of carbonyl (C=O) groups excluding carboxylic acids is 1. The van der Waals surface area contributed by atoms with Crippen LogP contribution in [0.3, 0.4) is 0 Å². The summed E-state index contributed by atoms with van der Waals surface area (Å²) in [4.78, 5) is 28.0. The van der Waals surface area contributed by atoms with Gasteiger partial charge in [-0.3, -0.25) is 14.3 Å². The Kier molecular flexibility index (Phi) is 6.38. The average molecular weight is 550 g/mol. The van der Waals surface area contributed by atoms with E-state index in [1.54, 1.807) is 12.3 Å². The molecular formula is C28H29F2N7O3. The Balaban J connectivity index is 1.41. The maximum Gasteiger partial charge on any atom is 0.276 e. The lowest BCUT2D eigenvalue weighted by molar-refractivity contribution is 0.102. The van der Waals surface area contributed by atoms with E-state index in [0.717, 1.165) is 41.2 Å². The molecule has 2 aromatic heterocycles. The van der Waals surface area contributed by atoms with E-state index < -0.39 is 28.8 Å². The van der Waals surface area contributed by atoms with Gasteiger partial charge in [-0.1, -0.05) is 19.9 Å². The fourth-order valence-electron chi connectivity index (χ4n) is 5.45. The highest BCUT2D eigenvalue weighted by Gasteiger charge is 2.39.